The zero-order valence-electron chi connectivity index (χ0n) is 29.7. The van der Waals surface area contributed by atoms with E-state index in [0.29, 0.717) is 58.9 Å². The summed E-state index contributed by atoms with van der Waals surface area (Å²) in [6, 6.07) is 2.54. The molecule has 0 spiro atoms. The number of aliphatic hydroxyl groups excluding tert-OH is 2. The second-order valence-corrected chi connectivity index (χ2v) is 15.9. The van der Waals surface area contributed by atoms with Gasteiger partial charge < -0.3 is 29.9 Å². The van der Waals surface area contributed by atoms with Crippen molar-refractivity contribution in [1.29, 1.82) is 0 Å². The molecule has 5 aliphatic carbocycles. The lowest BCUT2D eigenvalue weighted by Crippen LogP contribution is -2.59. The normalized spacial score (nSPS) is 30.6. The van der Waals surface area contributed by atoms with Crippen LogP contribution in [0, 0.1) is 23.2 Å². The van der Waals surface area contributed by atoms with Gasteiger partial charge in [0.15, 0.2) is 11.5 Å². The van der Waals surface area contributed by atoms with Gasteiger partial charge in [0.1, 0.15) is 18.5 Å². The van der Waals surface area contributed by atoms with Crippen molar-refractivity contribution in [2.24, 2.45) is 23.2 Å². The van der Waals surface area contributed by atoms with E-state index in [9.17, 15) is 24.6 Å². The highest BCUT2D eigenvalue weighted by Crippen LogP contribution is 2.60. The molecule has 4 bridgehead atoms. The number of unbranched alkanes of at least 4 members (excludes halogenated alkanes) is 8. The standard InChI is InChI=1S/C40H58N2O7/c1-3-4-5-6-7-8-9-10-11-12-34(45)42(25-40-21-26-15-27(22-40)17-28(16-26)23-40)32-20-31(39(47)41-13-14-43)35-30-18-29(24-44)19-33(48-2)37(30)49-38(35)36(32)46/h18-20,24,26-28,32,35-36,38,43,46H,3-17,21-23,25H2,1-2H3,(H,41,47). The van der Waals surface area contributed by atoms with Crippen LogP contribution in [0.3, 0.4) is 0 Å². The van der Waals surface area contributed by atoms with Gasteiger partial charge in [-0.1, -0.05) is 58.3 Å². The van der Waals surface area contributed by atoms with Crippen molar-refractivity contribution in [3.63, 3.8) is 0 Å². The molecule has 4 fully saturated rings. The van der Waals surface area contributed by atoms with Crippen molar-refractivity contribution >= 4 is 18.1 Å². The van der Waals surface area contributed by atoms with E-state index in [1.807, 2.05) is 4.90 Å². The van der Waals surface area contributed by atoms with Gasteiger partial charge in [-0.05, 0) is 86.3 Å². The Morgan fingerprint density at radius 3 is 2.22 bits per heavy atom. The van der Waals surface area contributed by atoms with E-state index >= 15 is 0 Å². The molecular weight excluding hydrogens is 620 g/mol. The molecular formula is C40H58N2O7. The monoisotopic (exact) mass is 678 g/mol. The molecule has 9 heteroatoms. The van der Waals surface area contributed by atoms with Gasteiger partial charge in [-0.2, -0.15) is 0 Å². The van der Waals surface area contributed by atoms with Crippen molar-refractivity contribution < 1.29 is 34.1 Å². The van der Waals surface area contributed by atoms with Crippen molar-refractivity contribution in [1.82, 2.24) is 10.2 Å². The van der Waals surface area contributed by atoms with Gasteiger partial charge >= 0.3 is 0 Å². The second kappa shape index (κ2) is 16.0. The summed E-state index contributed by atoms with van der Waals surface area (Å²) >= 11 is 0. The van der Waals surface area contributed by atoms with Gasteiger partial charge in [-0.15, -0.1) is 0 Å². The van der Waals surface area contributed by atoms with Crippen LogP contribution in [-0.2, 0) is 9.59 Å². The molecule has 4 atom stereocenters. The number of carbonyl (C=O) groups excluding carboxylic acids is 3. The van der Waals surface area contributed by atoms with Crippen LogP contribution in [0.4, 0.5) is 0 Å². The minimum Gasteiger partial charge on any atom is -0.493 e. The number of nitrogens with zero attached hydrogens (tertiary/aromatic N) is 1. The first-order chi connectivity index (χ1) is 23.8. The Bertz CT molecular complexity index is 1340. The molecule has 4 saturated carbocycles. The average molecular weight is 679 g/mol. The topological polar surface area (TPSA) is 125 Å². The predicted molar refractivity (Wildman–Crippen MR) is 188 cm³/mol. The molecule has 0 aromatic heterocycles. The Hall–Kier alpha value is -2.91. The van der Waals surface area contributed by atoms with E-state index in [0.717, 1.165) is 44.8 Å². The summed E-state index contributed by atoms with van der Waals surface area (Å²) in [4.78, 5) is 42.0. The number of benzene rings is 1. The minimum absolute atomic E-state index is 0.0314. The van der Waals surface area contributed by atoms with Crippen molar-refractivity contribution in [2.45, 2.75) is 134 Å². The van der Waals surface area contributed by atoms with Crippen LogP contribution in [0.1, 0.15) is 131 Å². The summed E-state index contributed by atoms with van der Waals surface area (Å²) in [7, 11) is 1.50. The first kappa shape index (κ1) is 35.9. The summed E-state index contributed by atoms with van der Waals surface area (Å²) in [5.41, 5.74) is 1.40. The van der Waals surface area contributed by atoms with Gasteiger partial charge in [0.25, 0.3) is 0 Å². The third-order valence-corrected chi connectivity index (χ3v) is 12.3. The van der Waals surface area contributed by atoms with Gasteiger partial charge in [0, 0.05) is 36.2 Å². The Labute approximate surface area is 292 Å². The Morgan fingerprint density at radius 2 is 1.63 bits per heavy atom. The second-order valence-electron chi connectivity index (χ2n) is 15.9. The molecule has 0 radical (unpaired) electrons. The molecule has 7 rings (SSSR count). The van der Waals surface area contributed by atoms with Crippen LogP contribution >= 0.6 is 0 Å². The number of methoxy groups -OCH3 is 1. The molecule has 270 valence electrons. The zero-order chi connectivity index (χ0) is 34.5. The number of aldehydes is 1. The quantitative estimate of drug-likeness (QED) is 0.127. The summed E-state index contributed by atoms with van der Waals surface area (Å²) in [6.07, 6.45) is 18.7. The van der Waals surface area contributed by atoms with Crippen LogP contribution in [0.25, 0.3) is 0 Å². The molecule has 6 aliphatic rings. The first-order valence-electron chi connectivity index (χ1n) is 19.2. The average Bonchev–Trinajstić information content (AvgIpc) is 3.48. The number of amides is 2. The lowest BCUT2D eigenvalue weighted by Gasteiger charge is -2.58. The van der Waals surface area contributed by atoms with Crippen LogP contribution in [-0.4, -0.2) is 78.3 Å². The molecule has 3 N–H and O–H groups in total. The summed E-state index contributed by atoms with van der Waals surface area (Å²) in [5.74, 6) is 1.88. The fraction of sp³-hybridized carbons (Fsp3) is 0.725. The van der Waals surface area contributed by atoms with E-state index in [1.54, 1.807) is 18.2 Å². The fourth-order valence-electron chi connectivity index (χ4n) is 10.5. The highest BCUT2D eigenvalue weighted by Gasteiger charge is 2.55. The predicted octanol–water partition coefficient (Wildman–Crippen LogP) is 6.10. The highest BCUT2D eigenvalue weighted by atomic mass is 16.5. The molecule has 2 amide bonds. The van der Waals surface area contributed by atoms with Crippen LogP contribution < -0.4 is 14.8 Å². The van der Waals surface area contributed by atoms with Gasteiger partial charge in [-0.25, -0.2) is 0 Å². The molecule has 1 aromatic carbocycles. The summed E-state index contributed by atoms with van der Waals surface area (Å²) < 4.78 is 12.0. The van der Waals surface area contributed by atoms with E-state index in [-0.39, 0.29) is 30.4 Å². The number of ether oxygens (including phenoxy) is 2. The van der Waals surface area contributed by atoms with E-state index in [1.165, 1.54) is 64.9 Å². The Morgan fingerprint density at radius 1 is 1.00 bits per heavy atom. The van der Waals surface area contributed by atoms with Crippen molar-refractivity contribution in [3.8, 4) is 11.5 Å². The van der Waals surface area contributed by atoms with Gasteiger partial charge in [0.05, 0.1) is 25.7 Å². The minimum atomic E-state index is -1.10. The maximum absolute atomic E-state index is 14.4. The number of nitrogens with one attached hydrogen (secondary N) is 1. The number of rotatable bonds is 18. The van der Waals surface area contributed by atoms with Crippen LogP contribution in [0.2, 0.25) is 0 Å². The molecule has 9 nitrogen and oxygen atoms in total. The molecule has 4 unspecified atom stereocenters. The lowest BCUT2D eigenvalue weighted by molar-refractivity contribution is -0.145. The van der Waals surface area contributed by atoms with Crippen LogP contribution in [0.5, 0.6) is 11.5 Å². The van der Waals surface area contributed by atoms with Crippen molar-refractivity contribution in [2.75, 3.05) is 26.8 Å². The van der Waals surface area contributed by atoms with Crippen LogP contribution in [0.15, 0.2) is 23.8 Å². The third-order valence-electron chi connectivity index (χ3n) is 12.3. The molecule has 1 aromatic rings. The maximum atomic E-state index is 14.4. The number of carbonyl (C=O) groups is 3. The zero-order valence-corrected chi connectivity index (χ0v) is 29.7. The SMILES string of the molecule is CCCCCCCCCCCC(=O)N(CC12CC3CC(CC(C3)C1)C2)C1C=C(C(=O)NCCO)C2c3cc(C=O)cc(OC)c3OC2C1O. The largest absolute Gasteiger partial charge is 0.493 e. The van der Waals surface area contributed by atoms with E-state index in [2.05, 4.69) is 12.2 Å². The smallest absolute Gasteiger partial charge is 0.247 e. The third kappa shape index (κ3) is 7.73. The van der Waals surface area contributed by atoms with E-state index in [4.69, 9.17) is 9.47 Å². The molecule has 1 heterocycles. The number of hydrogen-bond donors (Lipinski definition) is 3. The van der Waals surface area contributed by atoms with Gasteiger partial charge in [0.2, 0.25) is 11.8 Å². The number of hydrogen-bond acceptors (Lipinski definition) is 7. The van der Waals surface area contributed by atoms with Gasteiger partial charge in [-0.3, -0.25) is 14.4 Å². The molecule has 1 aliphatic heterocycles. The molecule has 0 saturated heterocycles. The van der Waals surface area contributed by atoms with E-state index < -0.39 is 24.2 Å². The Kier molecular flexibility index (Phi) is 11.7. The lowest BCUT2D eigenvalue weighted by atomic mass is 9.49. The highest BCUT2D eigenvalue weighted by molar-refractivity contribution is 5.96. The molecule has 49 heavy (non-hydrogen) atoms. The summed E-state index contributed by atoms with van der Waals surface area (Å²) in [5, 5.41) is 24.5. The summed E-state index contributed by atoms with van der Waals surface area (Å²) in [6.45, 7) is 2.67. The van der Waals surface area contributed by atoms with Crippen molar-refractivity contribution in [3.05, 3.63) is 34.9 Å². The Balaban J connectivity index is 1.28. The first-order valence-corrected chi connectivity index (χ1v) is 19.2. The number of fused-ring (bicyclic) bond motifs is 3. The fourth-order valence-corrected chi connectivity index (χ4v) is 10.5. The maximum Gasteiger partial charge on any atom is 0.247 e. The number of aliphatic hydroxyl groups is 2.